The van der Waals surface area contributed by atoms with Crippen molar-refractivity contribution in [2.24, 2.45) is 7.05 Å². The maximum absolute atomic E-state index is 13.6. The van der Waals surface area contributed by atoms with Gasteiger partial charge >= 0.3 is 0 Å². The number of benzene rings is 2. The molecule has 2 N–H and O–H groups in total. The third kappa shape index (κ3) is 3.38. The summed E-state index contributed by atoms with van der Waals surface area (Å²) in [4.78, 5) is 21.6. The molecule has 0 bridgehead atoms. The number of imidazole rings is 1. The highest BCUT2D eigenvalue weighted by atomic mass is 16.3. The summed E-state index contributed by atoms with van der Waals surface area (Å²) in [6.45, 7) is 6.35. The maximum Gasteiger partial charge on any atom is 0.294 e. The first-order valence-corrected chi connectivity index (χ1v) is 11.1. The molecule has 0 saturated carbocycles. The monoisotopic (exact) mass is 433 g/mol. The van der Waals surface area contributed by atoms with E-state index in [1.807, 2.05) is 42.8 Å². The first-order valence-electron chi connectivity index (χ1n) is 11.1. The fourth-order valence-corrected chi connectivity index (χ4v) is 4.65. The highest BCUT2D eigenvalue weighted by Crippen LogP contribution is 2.33. The first kappa shape index (κ1) is 20.7. The Morgan fingerprint density at radius 3 is 2.66 bits per heavy atom. The van der Waals surface area contributed by atoms with Crippen LogP contribution in [0.5, 0.6) is 5.75 Å². The number of fused-ring (bicyclic) bond motifs is 2. The van der Waals surface area contributed by atoms with E-state index in [1.54, 1.807) is 6.07 Å². The minimum atomic E-state index is -0.0947. The molecule has 0 aliphatic carbocycles. The molecule has 7 heteroatoms. The molecule has 166 valence electrons. The summed E-state index contributed by atoms with van der Waals surface area (Å²) in [5, 5.41) is 11.5. The lowest BCUT2D eigenvalue weighted by atomic mass is 10.0. The minimum Gasteiger partial charge on any atom is -0.507 e. The number of nitrogens with one attached hydrogen (secondary N) is 1. The van der Waals surface area contributed by atoms with Crippen molar-refractivity contribution < 1.29 is 14.1 Å². The second-order valence-corrected chi connectivity index (χ2v) is 8.70. The van der Waals surface area contributed by atoms with E-state index in [1.165, 1.54) is 6.26 Å². The molecule has 1 aliphatic rings. The molecule has 1 aliphatic heterocycles. The number of aryl methyl sites for hydroxylation is 2. The molecule has 7 nitrogen and oxygen atoms in total. The Hall–Kier alpha value is -3.16. The predicted octanol–water partition coefficient (Wildman–Crippen LogP) is 2.78. The summed E-state index contributed by atoms with van der Waals surface area (Å²) in [6, 6.07) is 9.73. The van der Waals surface area contributed by atoms with E-state index >= 15 is 0 Å². The van der Waals surface area contributed by atoms with Crippen molar-refractivity contribution in [2.45, 2.75) is 19.9 Å². The van der Waals surface area contributed by atoms with E-state index in [2.05, 4.69) is 21.8 Å². The van der Waals surface area contributed by atoms with Gasteiger partial charge in [0.05, 0.1) is 18.0 Å². The zero-order valence-electron chi connectivity index (χ0n) is 18.8. The average Bonchev–Trinajstić information content (AvgIpc) is 3.13. The van der Waals surface area contributed by atoms with Crippen molar-refractivity contribution in [3.63, 3.8) is 0 Å². The Morgan fingerprint density at radius 1 is 1.19 bits per heavy atom. The van der Waals surface area contributed by atoms with Gasteiger partial charge in [0.25, 0.3) is 5.82 Å². The zero-order valence-corrected chi connectivity index (χ0v) is 18.8. The van der Waals surface area contributed by atoms with Gasteiger partial charge in [-0.25, -0.2) is 9.55 Å². The van der Waals surface area contributed by atoms with Crippen molar-refractivity contribution in [2.75, 3.05) is 33.2 Å². The molecule has 0 radical (unpaired) electrons. The predicted molar refractivity (Wildman–Crippen MR) is 125 cm³/mol. The van der Waals surface area contributed by atoms with E-state index in [0.717, 1.165) is 42.8 Å². The van der Waals surface area contributed by atoms with Crippen LogP contribution in [0, 0.1) is 0 Å². The molecule has 4 aromatic rings. The van der Waals surface area contributed by atoms with Crippen molar-refractivity contribution in [1.82, 2.24) is 14.8 Å². The van der Waals surface area contributed by atoms with E-state index in [0.29, 0.717) is 40.9 Å². The van der Waals surface area contributed by atoms with Gasteiger partial charge in [-0.2, -0.15) is 0 Å². The summed E-state index contributed by atoms with van der Waals surface area (Å²) >= 11 is 0. The van der Waals surface area contributed by atoms with Crippen LogP contribution < -0.4 is 10.00 Å². The van der Waals surface area contributed by atoms with E-state index in [-0.39, 0.29) is 11.2 Å². The van der Waals surface area contributed by atoms with Gasteiger partial charge in [-0.05, 0) is 37.2 Å². The smallest absolute Gasteiger partial charge is 0.294 e. The molecular formula is C25H29N4O3+. The molecule has 5 rings (SSSR count). The number of phenols is 1. The van der Waals surface area contributed by atoms with Crippen LogP contribution in [0.2, 0.25) is 0 Å². The van der Waals surface area contributed by atoms with Crippen LogP contribution in [0.4, 0.5) is 0 Å². The average molecular weight is 434 g/mol. The van der Waals surface area contributed by atoms with Crippen molar-refractivity contribution in [1.29, 1.82) is 0 Å². The summed E-state index contributed by atoms with van der Waals surface area (Å²) < 4.78 is 8.04. The molecular weight excluding hydrogens is 404 g/mol. The van der Waals surface area contributed by atoms with Gasteiger partial charge in [0, 0.05) is 32.7 Å². The van der Waals surface area contributed by atoms with Gasteiger partial charge in [-0.3, -0.25) is 9.69 Å². The molecule has 1 fully saturated rings. The molecule has 3 heterocycles. The maximum atomic E-state index is 13.6. The van der Waals surface area contributed by atoms with Crippen LogP contribution in [0.15, 0.2) is 45.8 Å². The number of phenolic OH excluding ortho intramolecular Hbond substituents is 1. The molecule has 0 atom stereocenters. The molecule has 0 spiro atoms. The van der Waals surface area contributed by atoms with Crippen molar-refractivity contribution >= 4 is 22.0 Å². The van der Waals surface area contributed by atoms with Gasteiger partial charge in [0.15, 0.2) is 11.0 Å². The van der Waals surface area contributed by atoms with Crippen molar-refractivity contribution in [3.05, 3.63) is 57.9 Å². The Morgan fingerprint density at radius 2 is 1.94 bits per heavy atom. The van der Waals surface area contributed by atoms with Gasteiger partial charge in [0.2, 0.25) is 5.43 Å². The van der Waals surface area contributed by atoms with Gasteiger partial charge < -0.3 is 14.4 Å². The van der Waals surface area contributed by atoms with E-state index < -0.39 is 0 Å². The largest absolute Gasteiger partial charge is 0.507 e. The molecule has 2 aromatic carbocycles. The lowest BCUT2D eigenvalue weighted by Crippen LogP contribution is -2.43. The zero-order chi connectivity index (χ0) is 22.4. The fourth-order valence-electron chi connectivity index (χ4n) is 4.65. The number of para-hydroxylation sites is 2. The number of aromatic nitrogens is 2. The van der Waals surface area contributed by atoms with Crippen LogP contribution >= 0.6 is 0 Å². The fraction of sp³-hybridized carbons (Fsp3) is 0.360. The summed E-state index contributed by atoms with van der Waals surface area (Å²) in [5.74, 6) is 0.944. The molecule has 2 aromatic heterocycles. The Labute approximate surface area is 186 Å². The molecule has 32 heavy (non-hydrogen) atoms. The number of nitrogens with zero attached hydrogens (tertiary/aromatic N) is 3. The number of hydrogen-bond donors (Lipinski definition) is 2. The molecule has 1 saturated heterocycles. The van der Waals surface area contributed by atoms with Crippen LogP contribution in [0.3, 0.4) is 0 Å². The first-order chi connectivity index (χ1) is 15.5. The topological polar surface area (TPSA) is 76.6 Å². The number of likely N-dealkylation sites (N-methyl/N-ethyl adjacent to an activating group) is 1. The Bertz CT molecular complexity index is 1360. The standard InChI is InChI=1S/C25H28N4O3/c1-4-16-13-17-23(31)19(25-26-20-7-5-6-8-21(20)28(25)3)15-32-24(17)18(22(16)30)14-29-11-9-27(2)10-12-29/h5-8,13,15H,4,9-12,14H2,1-3H3,(H,30,31)/p+1. The number of piperazine rings is 1. The van der Waals surface area contributed by atoms with Gasteiger partial charge in [0.1, 0.15) is 23.2 Å². The van der Waals surface area contributed by atoms with Crippen LogP contribution in [-0.2, 0) is 20.0 Å². The van der Waals surface area contributed by atoms with E-state index in [9.17, 15) is 9.90 Å². The minimum absolute atomic E-state index is 0.0947. The third-order valence-corrected chi connectivity index (χ3v) is 6.68. The second-order valence-electron chi connectivity index (χ2n) is 8.70. The number of rotatable bonds is 4. The SMILES string of the molecule is CCc1cc2c(=O)c(-c3[nH]c4ccccc4[n+]3C)coc2c(CN2CCN(C)CC2)c1O. The highest BCUT2D eigenvalue weighted by Gasteiger charge is 2.25. The number of H-pyrrole nitrogens is 1. The normalized spacial score (nSPS) is 15.7. The van der Waals surface area contributed by atoms with Gasteiger partial charge in [-0.15, -0.1) is 0 Å². The highest BCUT2D eigenvalue weighted by molar-refractivity contribution is 5.86. The number of aromatic amines is 1. The van der Waals surface area contributed by atoms with Crippen LogP contribution in [0.1, 0.15) is 18.1 Å². The molecule has 0 unspecified atom stereocenters. The Balaban J connectivity index is 1.66. The lowest BCUT2D eigenvalue weighted by molar-refractivity contribution is -0.633. The van der Waals surface area contributed by atoms with Crippen molar-refractivity contribution in [3.8, 4) is 17.1 Å². The number of hydrogen-bond acceptors (Lipinski definition) is 5. The second kappa shape index (κ2) is 8.07. The summed E-state index contributed by atoms with van der Waals surface area (Å²) in [7, 11) is 4.05. The lowest BCUT2D eigenvalue weighted by Gasteiger charge is -2.32. The Kier molecular flexibility index (Phi) is 5.23. The summed E-state index contributed by atoms with van der Waals surface area (Å²) in [6.07, 6.45) is 2.16. The van der Waals surface area contributed by atoms with Crippen LogP contribution in [0.25, 0.3) is 33.4 Å². The quantitative estimate of drug-likeness (QED) is 0.484. The van der Waals surface area contributed by atoms with Gasteiger partial charge in [-0.1, -0.05) is 19.1 Å². The molecule has 0 amide bonds. The third-order valence-electron chi connectivity index (χ3n) is 6.68. The van der Waals surface area contributed by atoms with E-state index in [4.69, 9.17) is 4.42 Å². The summed E-state index contributed by atoms with van der Waals surface area (Å²) in [5.41, 5.74) is 4.31. The number of aromatic hydroxyl groups is 1. The van der Waals surface area contributed by atoms with Crippen LogP contribution in [-0.4, -0.2) is 53.1 Å².